The summed E-state index contributed by atoms with van der Waals surface area (Å²) in [7, 11) is 0. The number of hydrogen-bond acceptors (Lipinski definition) is 3. The molecule has 2 rings (SSSR count). The van der Waals surface area contributed by atoms with E-state index in [9.17, 15) is 4.79 Å². The Balaban J connectivity index is 1.73. The van der Waals surface area contributed by atoms with E-state index in [1.54, 1.807) is 0 Å². The Morgan fingerprint density at radius 3 is 2.61 bits per heavy atom. The molecule has 0 heterocycles. The predicted molar refractivity (Wildman–Crippen MR) is 94.8 cm³/mol. The van der Waals surface area contributed by atoms with Gasteiger partial charge in [0.25, 0.3) is 0 Å². The molecule has 0 unspecified atom stereocenters. The van der Waals surface area contributed by atoms with E-state index < -0.39 is 0 Å². The van der Waals surface area contributed by atoms with Crippen LogP contribution in [0.3, 0.4) is 0 Å². The van der Waals surface area contributed by atoms with Crippen LogP contribution in [0.25, 0.3) is 0 Å². The zero-order chi connectivity index (χ0) is 16.5. The number of carbonyl (C=O) groups is 1. The Labute approximate surface area is 139 Å². The molecule has 0 bridgehead atoms. The summed E-state index contributed by atoms with van der Waals surface area (Å²) in [4.78, 5) is 14.3. The van der Waals surface area contributed by atoms with Crippen LogP contribution >= 0.6 is 0 Å². The molecule has 1 amide bonds. The van der Waals surface area contributed by atoms with E-state index in [2.05, 4.69) is 36.2 Å². The van der Waals surface area contributed by atoms with Crippen molar-refractivity contribution >= 4 is 11.6 Å². The number of carbonyl (C=O) groups excluding carboxylic acids is 1. The molecule has 0 spiro atoms. The highest BCUT2D eigenvalue weighted by atomic mass is 16.5. The predicted octanol–water partition coefficient (Wildman–Crippen LogP) is 3.70. The summed E-state index contributed by atoms with van der Waals surface area (Å²) in [5.41, 5.74) is 0.827. The molecule has 1 N–H and O–H groups in total. The minimum Gasteiger partial charge on any atom is -0.492 e. The quantitative estimate of drug-likeness (QED) is 0.706. The number of nitrogens with one attached hydrogen (secondary N) is 1. The van der Waals surface area contributed by atoms with Crippen LogP contribution in [0.1, 0.15) is 33.1 Å². The number of amides is 1. The average molecular weight is 316 g/mol. The maximum Gasteiger partial charge on any atom is 0.224 e. The van der Waals surface area contributed by atoms with E-state index in [-0.39, 0.29) is 5.91 Å². The maximum atomic E-state index is 12.0. The monoisotopic (exact) mass is 316 g/mol. The van der Waals surface area contributed by atoms with Crippen LogP contribution < -0.4 is 10.1 Å². The summed E-state index contributed by atoms with van der Waals surface area (Å²) >= 11 is 0. The van der Waals surface area contributed by atoms with Gasteiger partial charge in [-0.15, -0.1) is 0 Å². The molecule has 0 radical (unpaired) electrons. The summed E-state index contributed by atoms with van der Waals surface area (Å²) in [6.07, 6.45) is 7.05. The Morgan fingerprint density at radius 1 is 1.26 bits per heavy atom. The van der Waals surface area contributed by atoms with Crippen molar-refractivity contribution in [2.75, 3.05) is 31.6 Å². The molecule has 0 aromatic heterocycles. The fraction of sp³-hybridized carbons (Fsp3) is 0.526. The first-order valence-electron chi connectivity index (χ1n) is 8.63. The lowest BCUT2D eigenvalue weighted by atomic mass is 10.1. The SMILES string of the molecule is CCN(CC)CCOc1ccc(NC(=O)C[C@@H]2C=CCC2)cc1. The lowest BCUT2D eigenvalue weighted by Crippen LogP contribution is -2.27. The molecule has 0 aliphatic heterocycles. The highest BCUT2D eigenvalue weighted by molar-refractivity contribution is 5.91. The highest BCUT2D eigenvalue weighted by Crippen LogP contribution is 2.21. The third kappa shape index (κ3) is 6.06. The van der Waals surface area contributed by atoms with Crippen LogP contribution in [0.15, 0.2) is 36.4 Å². The maximum absolute atomic E-state index is 12.0. The molecular formula is C19H28N2O2. The minimum absolute atomic E-state index is 0.0803. The second kappa shape index (κ2) is 9.36. The van der Waals surface area contributed by atoms with E-state index in [0.717, 1.165) is 43.9 Å². The minimum atomic E-state index is 0.0803. The summed E-state index contributed by atoms with van der Waals surface area (Å²) < 4.78 is 5.74. The molecule has 1 aromatic carbocycles. The molecule has 126 valence electrons. The molecule has 0 saturated heterocycles. The van der Waals surface area contributed by atoms with Crippen LogP contribution in [0.5, 0.6) is 5.75 Å². The van der Waals surface area contributed by atoms with Gasteiger partial charge >= 0.3 is 0 Å². The first-order valence-corrected chi connectivity index (χ1v) is 8.63. The summed E-state index contributed by atoms with van der Waals surface area (Å²) in [5.74, 6) is 1.32. The topological polar surface area (TPSA) is 41.6 Å². The van der Waals surface area contributed by atoms with Crippen molar-refractivity contribution in [2.45, 2.75) is 33.1 Å². The molecule has 1 aromatic rings. The number of allylic oxidation sites excluding steroid dienone is 2. The fourth-order valence-electron chi connectivity index (χ4n) is 2.78. The van der Waals surface area contributed by atoms with E-state index in [1.807, 2.05) is 24.3 Å². The first-order chi connectivity index (χ1) is 11.2. The normalized spacial score (nSPS) is 16.7. The van der Waals surface area contributed by atoms with Crippen LogP contribution in [0.2, 0.25) is 0 Å². The number of rotatable bonds is 9. The van der Waals surface area contributed by atoms with Gasteiger partial charge in [-0.1, -0.05) is 26.0 Å². The summed E-state index contributed by atoms with van der Waals surface area (Å²) in [5, 5.41) is 2.95. The number of likely N-dealkylation sites (N-methyl/N-ethyl adjacent to an activating group) is 1. The molecule has 4 nitrogen and oxygen atoms in total. The van der Waals surface area contributed by atoms with Gasteiger partial charge in [-0.2, -0.15) is 0 Å². The second-order valence-corrected chi connectivity index (χ2v) is 5.92. The van der Waals surface area contributed by atoms with E-state index in [0.29, 0.717) is 18.9 Å². The van der Waals surface area contributed by atoms with Gasteiger partial charge in [0.15, 0.2) is 0 Å². The van der Waals surface area contributed by atoms with Gasteiger partial charge in [-0.25, -0.2) is 0 Å². The van der Waals surface area contributed by atoms with Gasteiger partial charge in [-0.3, -0.25) is 4.79 Å². The van der Waals surface area contributed by atoms with E-state index in [1.165, 1.54) is 0 Å². The third-order valence-corrected chi connectivity index (χ3v) is 4.27. The van der Waals surface area contributed by atoms with Crippen molar-refractivity contribution in [2.24, 2.45) is 5.92 Å². The van der Waals surface area contributed by atoms with Gasteiger partial charge in [0, 0.05) is 18.7 Å². The second-order valence-electron chi connectivity index (χ2n) is 5.92. The molecule has 1 atom stereocenters. The first kappa shape index (κ1) is 17.5. The Hall–Kier alpha value is -1.81. The van der Waals surface area contributed by atoms with Crippen LogP contribution in [0.4, 0.5) is 5.69 Å². The van der Waals surface area contributed by atoms with Crippen LogP contribution in [-0.4, -0.2) is 37.0 Å². The van der Waals surface area contributed by atoms with Gasteiger partial charge in [0.05, 0.1) is 0 Å². The van der Waals surface area contributed by atoms with Gasteiger partial charge in [0.1, 0.15) is 12.4 Å². The Bertz CT molecular complexity index is 507. The zero-order valence-electron chi connectivity index (χ0n) is 14.3. The van der Waals surface area contributed by atoms with Crippen molar-refractivity contribution in [1.82, 2.24) is 4.90 Å². The van der Waals surface area contributed by atoms with Crippen molar-refractivity contribution in [1.29, 1.82) is 0 Å². The van der Waals surface area contributed by atoms with Crippen molar-refractivity contribution in [3.63, 3.8) is 0 Å². The lowest BCUT2D eigenvalue weighted by molar-refractivity contribution is -0.116. The zero-order valence-corrected chi connectivity index (χ0v) is 14.3. The van der Waals surface area contributed by atoms with Crippen molar-refractivity contribution < 1.29 is 9.53 Å². The summed E-state index contributed by atoms with van der Waals surface area (Å²) in [6, 6.07) is 7.62. The Morgan fingerprint density at radius 2 is 2.00 bits per heavy atom. The van der Waals surface area contributed by atoms with Crippen LogP contribution in [-0.2, 0) is 4.79 Å². The lowest BCUT2D eigenvalue weighted by Gasteiger charge is -2.18. The highest BCUT2D eigenvalue weighted by Gasteiger charge is 2.13. The molecule has 0 saturated carbocycles. The largest absolute Gasteiger partial charge is 0.492 e. The fourth-order valence-corrected chi connectivity index (χ4v) is 2.78. The third-order valence-electron chi connectivity index (χ3n) is 4.27. The van der Waals surface area contributed by atoms with Crippen molar-refractivity contribution in [3.8, 4) is 5.75 Å². The molecule has 1 aliphatic carbocycles. The molecule has 1 aliphatic rings. The van der Waals surface area contributed by atoms with Crippen molar-refractivity contribution in [3.05, 3.63) is 36.4 Å². The number of benzene rings is 1. The molecular weight excluding hydrogens is 288 g/mol. The smallest absolute Gasteiger partial charge is 0.224 e. The standard InChI is InChI=1S/C19H28N2O2/c1-3-21(4-2)13-14-23-18-11-9-17(10-12-18)20-19(22)15-16-7-5-6-8-16/h5,7,9-12,16H,3-4,6,8,13-15H2,1-2H3,(H,20,22)/t16-/m1/s1. The number of anilines is 1. The van der Waals surface area contributed by atoms with Gasteiger partial charge in [0.2, 0.25) is 5.91 Å². The van der Waals surface area contributed by atoms with Gasteiger partial charge in [-0.05, 0) is 56.1 Å². The van der Waals surface area contributed by atoms with E-state index >= 15 is 0 Å². The Kier molecular flexibility index (Phi) is 7.14. The van der Waals surface area contributed by atoms with E-state index in [4.69, 9.17) is 4.74 Å². The molecule has 23 heavy (non-hydrogen) atoms. The number of hydrogen-bond donors (Lipinski definition) is 1. The van der Waals surface area contributed by atoms with Gasteiger partial charge < -0.3 is 15.0 Å². The average Bonchev–Trinajstić information content (AvgIpc) is 3.06. The summed E-state index contributed by atoms with van der Waals surface area (Å²) in [6.45, 7) is 8.01. The number of nitrogens with zero attached hydrogens (tertiary/aromatic N) is 1. The van der Waals surface area contributed by atoms with Crippen LogP contribution in [0, 0.1) is 5.92 Å². The molecule has 0 fully saturated rings. The number of ether oxygens (including phenoxy) is 1. The molecule has 4 heteroatoms.